The van der Waals surface area contributed by atoms with Gasteiger partial charge in [0.1, 0.15) is 0 Å². The fraction of sp³-hybridized carbons (Fsp3) is 0.293. The monoisotopic (exact) mass is 597 g/mol. The number of hydrogen-bond acceptors (Lipinski definition) is 4. The lowest BCUT2D eigenvalue weighted by Crippen LogP contribution is -2.37. The van der Waals surface area contributed by atoms with E-state index in [2.05, 4.69) is 96.8 Å². The summed E-state index contributed by atoms with van der Waals surface area (Å²) in [7, 11) is 0. The fourth-order valence-corrected chi connectivity index (χ4v) is 6.95. The molecule has 4 aromatic rings. The maximum Gasteiger partial charge on any atom is 0.172 e. The zero-order valence-electron chi connectivity index (χ0n) is 26.5. The van der Waals surface area contributed by atoms with Gasteiger partial charge in [-0.2, -0.15) is 0 Å². The van der Waals surface area contributed by atoms with Crippen LogP contribution in [0.3, 0.4) is 0 Å². The molecule has 45 heavy (non-hydrogen) atoms. The van der Waals surface area contributed by atoms with Gasteiger partial charge in [-0.15, -0.1) is 0 Å². The van der Waals surface area contributed by atoms with Gasteiger partial charge in [0.05, 0.1) is 39.0 Å². The van der Waals surface area contributed by atoms with E-state index < -0.39 is 0 Å². The number of nitrogens with zero attached hydrogens (tertiary/aromatic N) is 1. The zero-order chi connectivity index (χ0) is 31.1. The maximum atomic E-state index is 14.0. The summed E-state index contributed by atoms with van der Waals surface area (Å²) in [5, 5.41) is 0. The number of benzene rings is 4. The summed E-state index contributed by atoms with van der Waals surface area (Å²) in [5.74, 6) is 0.193. The second-order valence-corrected chi connectivity index (χ2v) is 12.7. The highest BCUT2D eigenvalue weighted by Crippen LogP contribution is 2.49. The number of allylic oxidation sites excluding steroid dienone is 2. The van der Waals surface area contributed by atoms with Crippen LogP contribution in [0.2, 0.25) is 0 Å². The smallest absolute Gasteiger partial charge is 0.172 e. The van der Waals surface area contributed by atoms with Crippen LogP contribution < -0.4 is 0 Å². The van der Waals surface area contributed by atoms with E-state index >= 15 is 0 Å². The summed E-state index contributed by atoms with van der Waals surface area (Å²) < 4.78 is 12.9. The molecule has 0 radical (unpaired) electrons. The summed E-state index contributed by atoms with van der Waals surface area (Å²) in [6.45, 7) is 7.62. The summed E-state index contributed by atoms with van der Waals surface area (Å²) in [4.78, 5) is 16.4. The molecule has 230 valence electrons. The van der Waals surface area contributed by atoms with Crippen LogP contribution in [0.1, 0.15) is 55.0 Å². The quantitative estimate of drug-likeness (QED) is 0.174. The highest BCUT2D eigenvalue weighted by atomic mass is 16.5. The maximum absolute atomic E-state index is 14.0. The Morgan fingerprint density at radius 2 is 1.07 bits per heavy atom. The normalized spacial score (nSPS) is 20.2. The molecule has 6 rings (SSSR count). The molecule has 4 aromatic carbocycles. The Morgan fingerprint density at radius 1 is 0.622 bits per heavy atom. The van der Waals surface area contributed by atoms with Gasteiger partial charge < -0.3 is 9.47 Å². The van der Waals surface area contributed by atoms with E-state index in [4.69, 9.17) is 9.47 Å². The Bertz CT molecular complexity index is 1540. The van der Waals surface area contributed by atoms with E-state index in [9.17, 15) is 4.79 Å². The van der Waals surface area contributed by atoms with Gasteiger partial charge in [-0.3, -0.25) is 9.69 Å². The lowest BCUT2D eigenvalue weighted by molar-refractivity contribution is -0.117. The van der Waals surface area contributed by atoms with Crippen LogP contribution in [0, 0.1) is 5.41 Å². The molecule has 1 saturated carbocycles. The summed E-state index contributed by atoms with van der Waals surface area (Å²) in [6.07, 6.45) is 1.61. The summed E-state index contributed by atoms with van der Waals surface area (Å²) >= 11 is 0. The minimum atomic E-state index is -0.246. The van der Waals surface area contributed by atoms with Gasteiger partial charge in [0.15, 0.2) is 5.78 Å². The fourth-order valence-electron chi connectivity index (χ4n) is 6.95. The number of rotatable bonds is 11. The third kappa shape index (κ3) is 7.42. The van der Waals surface area contributed by atoms with Crippen molar-refractivity contribution in [3.63, 3.8) is 0 Å². The molecule has 1 fully saturated rings. The number of carbonyl (C=O) groups excluding carboxylic acids is 1. The van der Waals surface area contributed by atoms with Crippen molar-refractivity contribution in [3.05, 3.63) is 166 Å². The molecule has 0 unspecified atom stereocenters. The summed E-state index contributed by atoms with van der Waals surface area (Å²) in [5.41, 5.74) is 9.16. The van der Waals surface area contributed by atoms with E-state index in [0.29, 0.717) is 33.0 Å². The average Bonchev–Trinajstić information content (AvgIpc) is 3.45. The molecule has 0 saturated heterocycles. The second kappa shape index (κ2) is 14.3. The van der Waals surface area contributed by atoms with Crippen molar-refractivity contribution >= 4 is 5.78 Å². The average molecular weight is 598 g/mol. The Kier molecular flexibility index (Phi) is 9.85. The molecule has 2 aliphatic rings. The lowest BCUT2D eigenvalue weighted by Gasteiger charge is -2.34. The minimum absolute atomic E-state index is 0.0178. The molecule has 0 spiro atoms. The molecular weight excluding hydrogens is 554 g/mol. The Labute approximate surface area is 268 Å². The van der Waals surface area contributed by atoms with E-state index in [1.807, 2.05) is 43.3 Å². The molecule has 0 bridgehead atoms. The van der Waals surface area contributed by atoms with Crippen molar-refractivity contribution in [1.29, 1.82) is 0 Å². The number of ether oxygens (including phenoxy) is 2. The molecular formula is C41H43NO3. The van der Waals surface area contributed by atoms with Crippen LogP contribution in [0.4, 0.5) is 0 Å². The lowest BCUT2D eigenvalue weighted by atomic mass is 9.87. The van der Waals surface area contributed by atoms with E-state index in [1.165, 1.54) is 27.8 Å². The molecule has 1 aliphatic heterocycles. The number of hydrogen-bond donors (Lipinski definition) is 0. The topological polar surface area (TPSA) is 38.8 Å². The molecule has 1 heterocycles. The second-order valence-electron chi connectivity index (χ2n) is 12.7. The Morgan fingerprint density at radius 3 is 1.56 bits per heavy atom. The minimum Gasteiger partial charge on any atom is -0.376 e. The molecule has 0 amide bonds. The molecule has 4 heteroatoms. The van der Waals surface area contributed by atoms with E-state index in [1.54, 1.807) is 0 Å². The first-order chi connectivity index (χ1) is 22.0. The SMILES string of the molecule is C/C1=C2\CC(COCc3ccccc3)(COCc3ccccc3)C\C2=C(/C)C(=O)CN(C(c2ccccc2)c2ccccc2)C1. The predicted molar refractivity (Wildman–Crippen MR) is 181 cm³/mol. The number of ketones is 1. The van der Waals surface area contributed by atoms with Gasteiger partial charge in [0, 0.05) is 12.0 Å². The third-order valence-corrected chi connectivity index (χ3v) is 9.28. The first-order valence-electron chi connectivity index (χ1n) is 16.0. The van der Waals surface area contributed by atoms with Crippen LogP contribution in [-0.4, -0.2) is 37.0 Å². The zero-order valence-corrected chi connectivity index (χ0v) is 26.5. The van der Waals surface area contributed by atoms with Gasteiger partial charge in [0.25, 0.3) is 0 Å². The molecule has 4 nitrogen and oxygen atoms in total. The number of Topliss-reactive ketones (excluding diaryl/α,β-unsaturated/α-hetero) is 1. The van der Waals surface area contributed by atoms with Crippen LogP contribution in [0.15, 0.2) is 144 Å². The largest absolute Gasteiger partial charge is 0.376 e. The van der Waals surface area contributed by atoms with Crippen molar-refractivity contribution < 1.29 is 14.3 Å². The van der Waals surface area contributed by atoms with Crippen molar-refractivity contribution in [3.8, 4) is 0 Å². The van der Waals surface area contributed by atoms with Crippen LogP contribution in [0.25, 0.3) is 0 Å². The highest BCUT2D eigenvalue weighted by Gasteiger charge is 2.43. The number of carbonyl (C=O) groups is 1. The standard InChI is InChI=1S/C41H43NO3/c1-31-25-42(40(35-19-11-5-12-20-35)36-21-13-6-14-22-36)26-39(43)32(2)38-24-41(23-37(31)38,29-44-27-33-15-7-3-8-16-33)30-45-28-34-17-9-4-10-18-34/h3-22,40H,23-30H2,1-2H3/b37-31-,38-32-. The van der Waals surface area contributed by atoms with Crippen molar-refractivity contribution in [2.45, 2.75) is 45.9 Å². The van der Waals surface area contributed by atoms with Crippen molar-refractivity contribution in [2.75, 3.05) is 26.3 Å². The Balaban J connectivity index is 1.30. The molecule has 1 aliphatic carbocycles. The van der Waals surface area contributed by atoms with Gasteiger partial charge in [-0.25, -0.2) is 0 Å². The first kappa shape index (κ1) is 30.9. The van der Waals surface area contributed by atoms with Crippen molar-refractivity contribution in [2.24, 2.45) is 5.41 Å². The van der Waals surface area contributed by atoms with Crippen molar-refractivity contribution in [1.82, 2.24) is 4.90 Å². The first-order valence-corrected chi connectivity index (χ1v) is 16.0. The van der Waals surface area contributed by atoms with Gasteiger partial charge in [-0.1, -0.05) is 127 Å². The van der Waals surface area contributed by atoms with Crippen LogP contribution in [0.5, 0.6) is 0 Å². The molecule has 0 aromatic heterocycles. The summed E-state index contributed by atoms with van der Waals surface area (Å²) in [6, 6.07) is 41.8. The van der Waals surface area contributed by atoms with Crippen LogP contribution in [-0.2, 0) is 27.5 Å². The van der Waals surface area contributed by atoms with Crippen LogP contribution >= 0.6 is 0 Å². The third-order valence-electron chi connectivity index (χ3n) is 9.28. The van der Waals surface area contributed by atoms with E-state index in [0.717, 1.165) is 36.1 Å². The molecule has 0 atom stereocenters. The van der Waals surface area contributed by atoms with Gasteiger partial charge in [0.2, 0.25) is 0 Å². The predicted octanol–water partition coefficient (Wildman–Crippen LogP) is 8.51. The van der Waals surface area contributed by atoms with Gasteiger partial charge >= 0.3 is 0 Å². The Hall–Kier alpha value is -4.09. The van der Waals surface area contributed by atoms with Gasteiger partial charge in [-0.05, 0) is 65.7 Å². The molecule has 0 N–H and O–H groups in total. The highest BCUT2D eigenvalue weighted by molar-refractivity contribution is 5.98. The van der Waals surface area contributed by atoms with E-state index in [-0.39, 0.29) is 17.2 Å². The number of fused-ring (bicyclic) bond motifs is 1.